The molecule has 1 saturated heterocycles. The monoisotopic (exact) mass is 381 g/mol. The second kappa shape index (κ2) is 6.15. The normalized spacial score (nSPS) is 18.2. The molecule has 1 fully saturated rings. The first-order valence-corrected chi connectivity index (χ1v) is 8.01. The second-order valence-electron chi connectivity index (χ2n) is 5.54. The smallest absolute Gasteiger partial charge is 0.407 e. The molecule has 3 rings (SSSR count). The highest BCUT2D eigenvalue weighted by Gasteiger charge is 2.23. The topological polar surface area (TPSA) is 100 Å². The molecule has 0 spiro atoms. The average Bonchev–Trinajstić information content (AvgIpc) is 2.54. The number of carbonyl (C=O) groups is 1. The summed E-state index contributed by atoms with van der Waals surface area (Å²) in [5.74, 6) is 0.395. The number of hydrogen-bond donors (Lipinski definition) is 2. The summed E-state index contributed by atoms with van der Waals surface area (Å²) in [5.41, 5.74) is 0.360. The van der Waals surface area contributed by atoms with Gasteiger partial charge in [-0.2, -0.15) is 4.98 Å². The van der Waals surface area contributed by atoms with Gasteiger partial charge in [-0.15, -0.1) is 0 Å². The van der Waals surface area contributed by atoms with Crippen LogP contribution in [-0.2, 0) is 7.05 Å². The number of halogens is 1. The lowest BCUT2D eigenvalue weighted by Gasteiger charge is -2.31. The fraction of sp³-hybridized carbons (Fsp3) is 0.429. The molecule has 2 aromatic rings. The third-order valence-electron chi connectivity index (χ3n) is 3.93. The summed E-state index contributed by atoms with van der Waals surface area (Å²) in [6, 6.07) is 1.65. The van der Waals surface area contributed by atoms with Crippen LogP contribution in [0, 0.1) is 0 Å². The van der Waals surface area contributed by atoms with Crippen molar-refractivity contribution in [3.8, 4) is 0 Å². The lowest BCUT2D eigenvalue weighted by molar-refractivity contribution is 0.132. The number of carboxylic acid groups (broad SMARTS) is 1. The van der Waals surface area contributed by atoms with Crippen LogP contribution in [0.4, 0.5) is 10.7 Å². The molecule has 0 radical (unpaired) electrons. The quantitative estimate of drug-likeness (QED) is 0.819. The lowest BCUT2D eigenvalue weighted by Crippen LogP contribution is -2.44. The van der Waals surface area contributed by atoms with E-state index in [1.165, 1.54) is 9.47 Å². The maximum Gasteiger partial charge on any atom is 0.407 e. The molecule has 1 aliphatic heterocycles. The first-order valence-electron chi connectivity index (χ1n) is 7.22. The standard InChI is InChI=1S/C14H16BrN5O3/c1-19-11-8(5-10(15)12(19)21)6-16-13(18-11)17-9-3-2-4-20(7-9)14(22)23/h5-6,9H,2-4,7H2,1H3,(H,22,23)(H,16,17,18). The molecule has 9 heteroatoms. The van der Waals surface area contributed by atoms with E-state index in [0.717, 1.165) is 18.2 Å². The Balaban J connectivity index is 1.86. The molecule has 0 bridgehead atoms. The largest absolute Gasteiger partial charge is 0.465 e. The molecule has 2 aromatic heterocycles. The summed E-state index contributed by atoms with van der Waals surface area (Å²) in [7, 11) is 1.65. The Labute approximate surface area is 140 Å². The number of anilines is 1. The molecule has 8 nitrogen and oxygen atoms in total. The van der Waals surface area contributed by atoms with Gasteiger partial charge in [-0.05, 0) is 34.8 Å². The Kier molecular flexibility index (Phi) is 4.20. The minimum absolute atomic E-state index is 0.0372. The molecule has 3 heterocycles. The van der Waals surface area contributed by atoms with Crippen molar-refractivity contribution in [1.29, 1.82) is 0 Å². The fourth-order valence-electron chi connectivity index (χ4n) is 2.73. The van der Waals surface area contributed by atoms with Crippen LogP contribution in [0.15, 0.2) is 21.5 Å². The number of aryl methyl sites for hydroxylation is 1. The van der Waals surface area contributed by atoms with Crippen LogP contribution in [-0.4, -0.2) is 49.8 Å². The van der Waals surface area contributed by atoms with Gasteiger partial charge in [-0.3, -0.25) is 9.36 Å². The number of rotatable bonds is 2. The Morgan fingerprint density at radius 1 is 1.52 bits per heavy atom. The molecule has 0 saturated carbocycles. The third-order valence-corrected chi connectivity index (χ3v) is 4.50. The molecule has 23 heavy (non-hydrogen) atoms. The molecule has 1 aliphatic rings. The summed E-state index contributed by atoms with van der Waals surface area (Å²) in [6.07, 6.45) is 2.38. The number of amides is 1. The van der Waals surface area contributed by atoms with E-state index >= 15 is 0 Å². The Morgan fingerprint density at radius 3 is 3.04 bits per heavy atom. The summed E-state index contributed by atoms with van der Waals surface area (Å²) in [5, 5.41) is 13.0. The van der Waals surface area contributed by atoms with Gasteiger partial charge in [0.2, 0.25) is 5.95 Å². The zero-order valence-electron chi connectivity index (χ0n) is 12.5. The van der Waals surface area contributed by atoms with Gasteiger partial charge >= 0.3 is 6.09 Å². The zero-order chi connectivity index (χ0) is 16.6. The van der Waals surface area contributed by atoms with E-state index < -0.39 is 6.09 Å². The summed E-state index contributed by atoms with van der Waals surface area (Å²) < 4.78 is 1.91. The Hall–Kier alpha value is -2.16. The highest BCUT2D eigenvalue weighted by atomic mass is 79.9. The highest BCUT2D eigenvalue weighted by molar-refractivity contribution is 9.10. The lowest BCUT2D eigenvalue weighted by atomic mass is 10.1. The van der Waals surface area contributed by atoms with Crippen LogP contribution in [0.2, 0.25) is 0 Å². The fourth-order valence-corrected chi connectivity index (χ4v) is 3.24. The van der Waals surface area contributed by atoms with Gasteiger partial charge in [0.25, 0.3) is 5.56 Å². The summed E-state index contributed by atoms with van der Waals surface area (Å²) in [6.45, 7) is 0.949. The third kappa shape index (κ3) is 3.14. The van der Waals surface area contributed by atoms with Gasteiger partial charge in [0.05, 0.1) is 4.47 Å². The van der Waals surface area contributed by atoms with Crippen molar-refractivity contribution >= 4 is 39.0 Å². The molecule has 1 amide bonds. The van der Waals surface area contributed by atoms with E-state index in [9.17, 15) is 9.59 Å². The molecular formula is C14H16BrN5O3. The van der Waals surface area contributed by atoms with Gasteiger partial charge in [-0.1, -0.05) is 0 Å². The number of aromatic nitrogens is 3. The van der Waals surface area contributed by atoms with E-state index in [1.807, 2.05) is 0 Å². The Bertz CT molecular complexity index is 822. The van der Waals surface area contributed by atoms with Crippen LogP contribution in [0.3, 0.4) is 0 Å². The predicted molar refractivity (Wildman–Crippen MR) is 88.7 cm³/mol. The van der Waals surface area contributed by atoms with Crippen molar-refractivity contribution in [2.45, 2.75) is 18.9 Å². The van der Waals surface area contributed by atoms with Gasteiger partial charge in [-0.25, -0.2) is 9.78 Å². The van der Waals surface area contributed by atoms with Crippen molar-refractivity contribution in [3.63, 3.8) is 0 Å². The minimum Gasteiger partial charge on any atom is -0.465 e. The van der Waals surface area contributed by atoms with Gasteiger partial charge < -0.3 is 15.3 Å². The van der Waals surface area contributed by atoms with Crippen LogP contribution in [0.5, 0.6) is 0 Å². The number of likely N-dealkylation sites (tertiary alicyclic amines) is 1. The molecule has 122 valence electrons. The predicted octanol–water partition coefficient (Wildman–Crippen LogP) is 1.65. The minimum atomic E-state index is -0.914. The number of hydrogen-bond acceptors (Lipinski definition) is 5. The van der Waals surface area contributed by atoms with E-state index in [-0.39, 0.29) is 11.6 Å². The molecule has 0 aromatic carbocycles. The van der Waals surface area contributed by atoms with Crippen LogP contribution >= 0.6 is 15.9 Å². The Morgan fingerprint density at radius 2 is 2.30 bits per heavy atom. The zero-order valence-corrected chi connectivity index (χ0v) is 14.1. The van der Waals surface area contributed by atoms with E-state index in [2.05, 4.69) is 31.2 Å². The molecular weight excluding hydrogens is 366 g/mol. The van der Waals surface area contributed by atoms with Crippen LogP contribution in [0.25, 0.3) is 11.0 Å². The first kappa shape index (κ1) is 15.7. The maximum atomic E-state index is 12.0. The SMILES string of the molecule is Cn1c(=O)c(Br)cc2cnc(NC3CCCN(C(=O)O)C3)nc21. The number of pyridine rings is 1. The number of nitrogens with one attached hydrogen (secondary N) is 1. The van der Waals surface area contributed by atoms with E-state index in [0.29, 0.717) is 29.2 Å². The van der Waals surface area contributed by atoms with E-state index in [1.54, 1.807) is 19.3 Å². The number of piperidine rings is 1. The van der Waals surface area contributed by atoms with Gasteiger partial charge in [0.1, 0.15) is 5.65 Å². The highest BCUT2D eigenvalue weighted by Crippen LogP contribution is 2.17. The van der Waals surface area contributed by atoms with Crippen molar-refractivity contribution in [1.82, 2.24) is 19.4 Å². The molecule has 0 aliphatic carbocycles. The van der Waals surface area contributed by atoms with Crippen LogP contribution < -0.4 is 10.9 Å². The molecule has 1 atom stereocenters. The van der Waals surface area contributed by atoms with Crippen molar-refractivity contribution < 1.29 is 9.90 Å². The first-order chi connectivity index (χ1) is 11.0. The maximum absolute atomic E-state index is 12.0. The molecule has 2 N–H and O–H groups in total. The van der Waals surface area contributed by atoms with Crippen molar-refractivity contribution in [2.24, 2.45) is 7.05 Å². The van der Waals surface area contributed by atoms with Gasteiger partial charge in [0, 0.05) is 37.8 Å². The number of fused-ring (bicyclic) bond motifs is 1. The van der Waals surface area contributed by atoms with Crippen molar-refractivity contribution in [3.05, 3.63) is 27.1 Å². The summed E-state index contributed by atoms with van der Waals surface area (Å²) >= 11 is 3.22. The summed E-state index contributed by atoms with van der Waals surface area (Å²) in [4.78, 5) is 33.1. The molecule has 1 unspecified atom stereocenters. The van der Waals surface area contributed by atoms with E-state index in [4.69, 9.17) is 5.11 Å². The van der Waals surface area contributed by atoms with Gasteiger partial charge in [0.15, 0.2) is 0 Å². The van der Waals surface area contributed by atoms with Crippen LogP contribution in [0.1, 0.15) is 12.8 Å². The number of nitrogens with zero attached hydrogens (tertiary/aromatic N) is 4. The average molecular weight is 382 g/mol. The second-order valence-corrected chi connectivity index (χ2v) is 6.40. The van der Waals surface area contributed by atoms with Crippen molar-refractivity contribution in [2.75, 3.05) is 18.4 Å².